The van der Waals surface area contributed by atoms with Gasteiger partial charge in [0, 0.05) is 37.7 Å². The van der Waals surface area contributed by atoms with E-state index in [2.05, 4.69) is 25.3 Å². The summed E-state index contributed by atoms with van der Waals surface area (Å²) in [7, 11) is -2.29. The van der Waals surface area contributed by atoms with Crippen molar-refractivity contribution >= 4 is 21.7 Å². The number of nitrogens with one attached hydrogen (secondary N) is 3. The highest BCUT2D eigenvalue weighted by Gasteiger charge is 2.19. The number of nitro benzene ring substituents is 1. The van der Waals surface area contributed by atoms with Crippen molar-refractivity contribution in [1.82, 2.24) is 20.3 Å². The fourth-order valence-corrected chi connectivity index (χ4v) is 3.40. The Bertz CT molecular complexity index is 1010. The number of aromatic nitrogens is 1. The Morgan fingerprint density at radius 1 is 1.27 bits per heavy atom. The molecule has 1 heterocycles. The third-order valence-electron chi connectivity index (χ3n) is 3.97. The standard InChI is InChI=1S/C18H26N6O5S/c1-18(2,3)15-11-21-16(29-15)12-22-17(19-4)20-8-9-23-30(27,28)14-7-5-6-13(10-14)24(25)26/h5-7,10-11,23H,8-9,12H2,1-4H3,(H2,19,20,22). The number of guanidine groups is 1. The molecule has 30 heavy (non-hydrogen) atoms. The van der Waals surface area contributed by atoms with Crippen molar-refractivity contribution in [3.63, 3.8) is 0 Å². The molecule has 2 aromatic rings. The molecule has 1 aromatic heterocycles. The smallest absolute Gasteiger partial charge is 0.270 e. The van der Waals surface area contributed by atoms with E-state index < -0.39 is 14.9 Å². The molecule has 1 aromatic carbocycles. The van der Waals surface area contributed by atoms with Gasteiger partial charge in [0.1, 0.15) is 5.76 Å². The summed E-state index contributed by atoms with van der Waals surface area (Å²) in [6.45, 7) is 6.69. The zero-order valence-corrected chi connectivity index (χ0v) is 18.1. The van der Waals surface area contributed by atoms with Crippen LogP contribution in [0, 0.1) is 10.1 Å². The predicted molar refractivity (Wildman–Crippen MR) is 112 cm³/mol. The van der Waals surface area contributed by atoms with Crippen LogP contribution < -0.4 is 15.4 Å². The molecule has 0 atom stereocenters. The quantitative estimate of drug-likeness (QED) is 0.184. The molecule has 0 aliphatic heterocycles. The molecule has 0 aliphatic rings. The lowest BCUT2D eigenvalue weighted by Gasteiger charge is -2.13. The predicted octanol–water partition coefficient (Wildman–Crippen LogP) is 1.52. The summed E-state index contributed by atoms with van der Waals surface area (Å²) in [4.78, 5) is 18.3. The number of sulfonamides is 1. The molecule has 2 rings (SSSR count). The molecule has 164 valence electrons. The minimum Gasteiger partial charge on any atom is -0.443 e. The van der Waals surface area contributed by atoms with Crippen LogP contribution in [0.1, 0.15) is 32.4 Å². The molecule has 0 amide bonds. The Morgan fingerprint density at radius 3 is 2.60 bits per heavy atom. The maximum atomic E-state index is 12.3. The van der Waals surface area contributed by atoms with Crippen molar-refractivity contribution in [1.29, 1.82) is 0 Å². The van der Waals surface area contributed by atoms with Crippen molar-refractivity contribution in [2.45, 2.75) is 37.6 Å². The van der Waals surface area contributed by atoms with Crippen molar-refractivity contribution in [2.75, 3.05) is 20.1 Å². The Kier molecular flexibility index (Phi) is 7.51. The van der Waals surface area contributed by atoms with Gasteiger partial charge in [0.15, 0.2) is 5.96 Å². The summed E-state index contributed by atoms with van der Waals surface area (Å²) in [5.74, 6) is 1.73. The summed E-state index contributed by atoms with van der Waals surface area (Å²) in [6.07, 6.45) is 1.69. The van der Waals surface area contributed by atoms with Crippen molar-refractivity contribution in [2.24, 2.45) is 4.99 Å². The highest BCUT2D eigenvalue weighted by molar-refractivity contribution is 7.89. The lowest BCUT2D eigenvalue weighted by molar-refractivity contribution is -0.385. The fourth-order valence-electron chi connectivity index (χ4n) is 2.33. The highest BCUT2D eigenvalue weighted by atomic mass is 32.2. The fraction of sp³-hybridized carbons (Fsp3) is 0.444. The molecule has 0 aliphatic carbocycles. The largest absolute Gasteiger partial charge is 0.443 e. The summed E-state index contributed by atoms with van der Waals surface area (Å²) < 4.78 is 32.7. The molecule has 0 spiro atoms. The Hall–Kier alpha value is -2.99. The van der Waals surface area contributed by atoms with Gasteiger partial charge in [-0.05, 0) is 6.07 Å². The maximum Gasteiger partial charge on any atom is 0.270 e. The van der Waals surface area contributed by atoms with E-state index in [0.29, 0.717) is 18.4 Å². The van der Waals surface area contributed by atoms with Crippen LogP contribution in [0.2, 0.25) is 0 Å². The van der Waals surface area contributed by atoms with E-state index in [-0.39, 0.29) is 29.1 Å². The third kappa shape index (κ3) is 6.52. The number of nitrogens with zero attached hydrogens (tertiary/aromatic N) is 3. The van der Waals surface area contributed by atoms with Crippen LogP contribution >= 0.6 is 0 Å². The van der Waals surface area contributed by atoms with Crippen molar-refractivity contribution in [3.8, 4) is 0 Å². The first-order valence-corrected chi connectivity index (χ1v) is 10.6. The van der Waals surface area contributed by atoms with Crippen LogP contribution in [-0.4, -0.2) is 44.4 Å². The Morgan fingerprint density at radius 2 is 2.00 bits per heavy atom. The lowest BCUT2D eigenvalue weighted by atomic mass is 9.94. The van der Waals surface area contributed by atoms with Gasteiger partial charge in [-0.3, -0.25) is 15.1 Å². The number of hydrogen-bond donors (Lipinski definition) is 3. The van der Waals surface area contributed by atoms with Gasteiger partial charge < -0.3 is 15.1 Å². The van der Waals surface area contributed by atoms with Crippen LogP contribution in [0.5, 0.6) is 0 Å². The molecular formula is C18H26N6O5S. The van der Waals surface area contributed by atoms with Gasteiger partial charge in [0.2, 0.25) is 15.9 Å². The number of rotatable bonds is 8. The minimum atomic E-state index is -3.87. The molecule has 0 saturated heterocycles. The number of hydrogen-bond acceptors (Lipinski definition) is 7. The average molecular weight is 439 g/mol. The second-order valence-corrected chi connectivity index (χ2v) is 9.14. The van der Waals surface area contributed by atoms with E-state index in [0.717, 1.165) is 11.8 Å². The molecule has 0 saturated carbocycles. The van der Waals surface area contributed by atoms with Gasteiger partial charge in [-0.1, -0.05) is 26.8 Å². The summed E-state index contributed by atoms with van der Waals surface area (Å²) in [5, 5.41) is 16.8. The molecule has 11 nitrogen and oxygen atoms in total. The third-order valence-corrected chi connectivity index (χ3v) is 5.43. The van der Waals surface area contributed by atoms with E-state index in [9.17, 15) is 18.5 Å². The zero-order valence-electron chi connectivity index (χ0n) is 17.3. The number of benzene rings is 1. The van der Waals surface area contributed by atoms with Gasteiger partial charge in [-0.25, -0.2) is 18.1 Å². The van der Waals surface area contributed by atoms with E-state index >= 15 is 0 Å². The molecule has 0 radical (unpaired) electrons. The van der Waals surface area contributed by atoms with E-state index in [1.165, 1.54) is 18.2 Å². The van der Waals surface area contributed by atoms with E-state index in [1.807, 2.05) is 20.8 Å². The number of non-ortho nitro benzene ring substituents is 1. The summed E-state index contributed by atoms with van der Waals surface area (Å²) in [6, 6.07) is 4.86. The number of nitro groups is 1. The average Bonchev–Trinajstić information content (AvgIpc) is 3.17. The normalized spacial score (nSPS) is 12.6. The monoisotopic (exact) mass is 438 g/mol. The second-order valence-electron chi connectivity index (χ2n) is 7.37. The minimum absolute atomic E-state index is 0.0545. The van der Waals surface area contributed by atoms with Gasteiger partial charge >= 0.3 is 0 Å². The van der Waals surface area contributed by atoms with Crippen LogP contribution in [-0.2, 0) is 22.0 Å². The number of aliphatic imine (C=N–C) groups is 1. The molecular weight excluding hydrogens is 412 g/mol. The second kappa shape index (κ2) is 9.67. The van der Waals surface area contributed by atoms with Crippen molar-refractivity contribution < 1.29 is 17.8 Å². The maximum absolute atomic E-state index is 12.3. The number of oxazole rings is 1. The first-order chi connectivity index (χ1) is 14.0. The molecule has 0 unspecified atom stereocenters. The zero-order chi connectivity index (χ0) is 22.4. The Balaban J connectivity index is 1.82. The molecule has 0 fully saturated rings. The molecule has 3 N–H and O–H groups in total. The van der Waals surface area contributed by atoms with Crippen LogP contribution in [0.25, 0.3) is 0 Å². The van der Waals surface area contributed by atoms with Crippen molar-refractivity contribution in [3.05, 3.63) is 52.2 Å². The SMILES string of the molecule is CN=C(NCCNS(=O)(=O)c1cccc([N+](=O)[O-])c1)NCc1ncc(C(C)(C)C)o1. The highest BCUT2D eigenvalue weighted by Crippen LogP contribution is 2.22. The van der Waals surface area contributed by atoms with Gasteiger partial charge in [0.25, 0.3) is 5.69 Å². The molecule has 12 heteroatoms. The van der Waals surface area contributed by atoms with E-state index in [4.69, 9.17) is 4.42 Å². The molecule has 0 bridgehead atoms. The lowest BCUT2D eigenvalue weighted by Crippen LogP contribution is -2.41. The van der Waals surface area contributed by atoms with Gasteiger partial charge in [-0.2, -0.15) is 0 Å². The summed E-state index contributed by atoms with van der Waals surface area (Å²) in [5.41, 5.74) is -0.427. The topological polar surface area (TPSA) is 152 Å². The first-order valence-electron chi connectivity index (χ1n) is 9.17. The van der Waals surface area contributed by atoms with E-state index in [1.54, 1.807) is 13.2 Å². The van der Waals surface area contributed by atoms with Crippen LogP contribution in [0.15, 0.2) is 44.8 Å². The van der Waals surface area contributed by atoms with Gasteiger partial charge in [0.05, 0.1) is 22.6 Å². The van der Waals surface area contributed by atoms with Gasteiger partial charge in [-0.15, -0.1) is 0 Å². The van der Waals surface area contributed by atoms with Crippen LogP contribution in [0.3, 0.4) is 0 Å². The first kappa shape index (κ1) is 23.3. The Labute approximate surface area is 175 Å². The van der Waals surface area contributed by atoms with Crippen LogP contribution in [0.4, 0.5) is 5.69 Å². The summed E-state index contributed by atoms with van der Waals surface area (Å²) >= 11 is 0.